The summed E-state index contributed by atoms with van der Waals surface area (Å²) in [6.45, 7) is 1.79. The van der Waals surface area contributed by atoms with Crippen molar-refractivity contribution in [3.8, 4) is 0 Å². The van der Waals surface area contributed by atoms with Crippen LogP contribution < -0.4 is 5.73 Å². The second-order valence-electron chi connectivity index (χ2n) is 4.06. The molecule has 0 aromatic carbocycles. The van der Waals surface area contributed by atoms with Gasteiger partial charge in [-0.2, -0.15) is 0 Å². The summed E-state index contributed by atoms with van der Waals surface area (Å²) >= 11 is 0. The first-order valence-electron chi connectivity index (χ1n) is 4.85. The normalized spacial score (nSPS) is 27.5. The maximum atomic E-state index is 10.5. The molecule has 0 aromatic heterocycles. The molecule has 1 aliphatic heterocycles. The second kappa shape index (κ2) is 4.72. The van der Waals surface area contributed by atoms with E-state index >= 15 is 0 Å². The van der Waals surface area contributed by atoms with Crippen LogP contribution in [0.25, 0.3) is 0 Å². The van der Waals surface area contributed by atoms with Gasteiger partial charge < -0.3 is 20.8 Å². The van der Waals surface area contributed by atoms with E-state index < -0.39 is 18.1 Å². The minimum Gasteiger partial charge on any atom is -0.480 e. The Kier molecular flexibility index (Phi) is 3.86. The number of carboxylic acid groups (broad SMARTS) is 1. The van der Waals surface area contributed by atoms with Crippen LogP contribution in [0.1, 0.15) is 12.8 Å². The third-order valence-corrected chi connectivity index (χ3v) is 2.78. The summed E-state index contributed by atoms with van der Waals surface area (Å²) in [5, 5.41) is 18.3. The van der Waals surface area contributed by atoms with Crippen LogP contribution in [0.3, 0.4) is 0 Å². The quantitative estimate of drug-likeness (QED) is 0.550. The Morgan fingerprint density at radius 3 is 2.79 bits per heavy atom. The molecule has 3 atom stereocenters. The lowest BCUT2D eigenvalue weighted by Gasteiger charge is -2.19. The fourth-order valence-electron chi connectivity index (χ4n) is 1.84. The smallest absolute Gasteiger partial charge is 0.320 e. The zero-order valence-electron chi connectivity index (χ0n) is 8.39. The Morgan fingerprint density at radius 2 is 2.36 bits per heavy atom. The van der Waals surface area contributed by atoms with Gasteiger partial charge in [-0.1, -0.05) is 0 Å². The number of hydrogen-bond donors (Lipinski definition) is 3. The van der Waals surface area contributed by atoms with Crippen LogP contribution in [0.4, 0.5) is 0 Å². The highest BCUT2D eigenvalue weighted by Crippen LogP contribution is 2.20. The van der Waals surface area contributed by atoms with Gasteiger partial charge in [-0.25, -0.2) is 0 Å². The molecule has 0 aliphatic carbocycles. The molecule has 1 saturated heterocycles. The molecule has 1 heterocycles. The van der Waals surface area contributed by atoms with Crippen LogP contribution in [-0.2, 0) is 4.79 Å². The summed E-state index contributed by atoms with van der Waals surface area (Å²) in [6, 6.07) is -0.948. The second-order valence-corrected chi connectivity index (χ2v) is 4.06. The summed E-state index contributed by atoms with van der Waals surface area (Å²) in [5.41, 5.74) is 5.35. The number of aliphatic hydroxyl groups is 1. The lowest BCUT2D eigenvalue weighted by Crippen LogP contribution is -2.37. The minimum atomic E-state index is -1.05. The molecular formula is C9H18N2O3. The third-order valence-electron chi connectivity index (χ3n) is 2.78. The highest BCUT2D eigenvalue weighted by atomic mass is 16.4. The van der Waals surface area contributed by atoms with Crippen molar-refractivity contribution in [1.82, 2.24) is 4.90 Å². The highest BCUT2D eigenvalue weighted by Gasteiger charge is 2.28. The van der Waals surface area contributed by atoms with E-state index in [4.69, 9.17) is 10.8 Å². The van der Waals surface area contributed by atoms with Crippen molar-refractivity contribution < 1.29 is 15.0 Å². The molecule has 1 aliphatic rings. The first-order valence-corrected chi connectivity index (χ1v) is 4.85. The van der Waals surface area contributed by atoms with Gasteiger partial charge in [0, 0.05) is 6.54 Å². The SMILES string of the molecule is CN1CCC(C(O)CC(N)C(=O)O)C1. The van der Waals surface area contributed by atoms with Crippen LogP contribution in [0, 0.1) is 5.92 Å². The highest BCUT2D eigenvalue weighted by molar-refractivity contribution is 5.73. The van der Waals surface area contributed by atoms with E-state index in [1.807, 2.05) is 7.05 Å². The van der Waals surface area contributed by atoms with Crippen LogP contribution in [0.2, 0.25) is 0 Å². The zero-order chi connectivity index (χ0) is 10.7. The Morgan fingerprint density at radius 1 is 1.71 bits per heavy atom. The molecular weight excluding hydrogens is 184 g/mol. The fourth-order valence-corrected chi connectivity index (χ4v) is 1.84. The topological polar surface area (TPSA) is 86.8 Å². The first kappa shape index (κ1) is 11.4. The average molecular weight is 202 g/mol. The molecule has 0 amide bonds. The molecule has 0 bridgehead atoms. The first-order chi connectivity index (χ1) is 6.50. The number of nitrogens with two attached hydrogens (primary N) is 1. The molecule has 5 nitrogen and oxygen atoms in total. The zero-order valence-corrected chi connectivity index (χ0v) is 8.39. The molecule has 0 aromatic rings. The fraction of sp³-hybridized carbons (Fsp3) is 0.889. The van der Waals surface area contributed by atoms with Crippen molar-refractivity contribution in [2.45, 2.75) is 25.0 Å². The van der Waals surface area contributed by atoms with E-state index in [0.29, 0.717) is 0 Å². The summed E-state index contributed by atoms with van der Waals surface area (Å²) in [5.74, 6) is -0.874. The van der Waals surface area contributed by atoms with Crippen LogP contribution >= 0.6 is 0 Å². The summed E-state index contributed by atoms with van der Waals surface area (Å²) in [7, 11) is 1.99. The number of carbonyl (C=O) groups is 1. The van der Waals surface area contributed by atoms with Gasteiger partial charge in [-0.3, -0.25) is 4.79 Å². The number of aliphatic hydroxyl groups excluding tert-OH is 1. The van der Waals surface area contributed by atoms with Gasteiger partial charge in [0.05, 0.1) is 6.10 Å². The Balaban J connectivity index is 2.34. The Labute approximate surface area is 83.5 Å². The predicted octanol–water partition coefficient (Wildman–Crippen LogP) is -0.899. The van der Waals surface area contributed by atoms with Crippen molar-refractivity contribution in [3.63, 3.8) is 0 Å². The molecule has 0 spiro atoms. The summed E-state index contributed by atoms with van der Waals surface area (Å²) in [6.07, 6.45) is 0.476. The molecule has 3 unspecified atom stereocenters. The van der Waals surface area contributed by atoms with E-state index in [9.17, 15) is 9.90 Å². The molecule has 82 valence electrons. The van der Waals surface area contributed by atoms with E-state index in [1.165, 1.54) is 0 Å². The monoisotopic (exact) mass is 202 g/mol. The van der Waals surface area contributed by atoms with Crippen molar-refractivity contribution in [3.05, 3.63) is 0 Å². The van der Waals surface area contributed by atoms with Gasteiger partial charge in [0.2, 0.25) is 0 Å². The number of likely N-dealkylation sites (tertiary alicyclic amines) is 1. The Hall–Kier alpha value is -0.650. The number of nitrogens with zero attached hydrogens (tertiary/aromatic N) is 1. The largest absolute Gasteiger partial charge is 0.480 e. The van der Waals surface area contributed by atoms with Gasteiger partial charge >= 0.3 is 5.97 Å². The van der Waals surface area contributed by atoms with Crippen LogP contribution in [0.5, 0.6) is 0 Å². The summed E-state index contributed by atoms with van der Waals surface area (Å²) in [4.78, 5) is 12.6. The molecule has 0 saturated carbocycles. The molecule has 5 heteroatoms. The lowest BCUT2D eigenvalue weighted by molar-refractivity contribution is -0.139. The van der Waals surface area contributed by atoms with Crippen molar-refractivity contribution >= 4 is 5.97 Å². The lowest BCUT2D eigenvalue weighted by atomic mass is 9.96. The van der Waals surface area contributed by atoms with Gasteiger partial charge in [0.1, 0.15) is 6.04 Å². The van der Waals surface area contributed by atoms with Crippen LogP contribution in [0.15, 0.2) is 0 Å². The number of aliphatic carboxylic acids is 1. The molecule has 14 heavy (non-hydrogen) atoms. The summed E-state index contributed by atoms with van der Waals surface area (Å²) < 4.78 is 0. The van der Waals surface area contributed by atoms with Gasteiger partial charge in [-0.15, -0.1) is 0 Å². The van der Waals surface area contributed by atoms with Gasteiger partial charge in [0.15, 0.2) is 0 Å². The number of rotatable bonds is 4. The van der Waals surface area contributed by atoms with E-state index in [2.05, 4.69) is 4.90 Å². The standard InChI is InChI=1S/C9H18N2O3/c1-11-3-2-6(5-11)8(12)4-7(10)9(13)14/h6-8,12H,2-5,10H2,1H3,(H,13,14). The van der Waals surface area contributed by atoms with E-state index in [0.717, 1.165) is 19.5 Å². The number of hydrogen-bond acceptors (Lipinski definition) is 4. The minimum absolute atomic E-state index is 0.147. The van der Waals surface area contributed by atoms with E-state index in [-0.39, 0.29) is 12.3 Å². The van der Waals surface area contributed by atoms with Crippen molar-refractivity contribution in [1.29, 1.82) is 0 Å². The van der Waals surface area contributed by atoms with E-state index in [1.54, 1.807) is 0 Å². The molecule has 4 N–H and O–H groups in total. The maximum Gasteiger partial charge on any atom is 0.320 e. The van der Waals surface area contributed by atoms with Gasteiger partial charge in [0.25, 0.3) is 0 Å². The molecule has 1 fully saturated rings. The average Bonchev–Trinajstić information content (AvgIpc) is 2.51. The Bertz CT molecular complexity index is 210. The third kappa shape index (κ3) is 2.94. The molecule has 1 rings (SSSR count). The predicted molar refractivity (Wildman–Crippen MR) is 51.8 cm³/mol. The van der Waals surface area contributed by atoms with Crippen molar-refractivity contribution in [2.24, 2.45) is 11.7 Å². The molecule has 0 radical (unpaired) electrons. The number of carboxylic acids is 1. The van der Waals surface area contributed by atoms with Crippen LogP contribution in [-0.4, -0.2) is 53.4 Å². The maximum absolute atomic E-state index is 10.5. The van der Waals surface area contributed by atoms with Crippen molar-refractivity contribution in [2.75, 3.05) is 20.1 Å². The van der Waals surface area contributed by atoms with Gasteiger partial charge in [-0.05, 0) is 32.4 Å².